The summed E-state index contributed by atoms with van der Waals surface area (Å²) in [5, 5.41) is 2.35. The molecule has 2 aromatic carbocycles. The first kappa shape index (κ1) is 13.6. The molecule has 0 spiro atoms. The molecular weight excluding hydrogens is 320 g/mol. The summed E-state index contributed by atoms with van der Waals surface area (Å²) in [6.07, 6.45) is -0.526. The molecule has 5 nitrogen and oxygen atoms in total. The van der Waals surface area contributed by atoms with Crippen molar-refractivity contribution < 1.29 is 4.21 Å². The first-order chi connectivity index (χ1) is 10.6. The number of aliphatic imine (C=N–C) groups is 1. The van der Waals surface area contributed by atoms with E-state index in [2.05, 4.69) is 14.8 Å². The summed E-state index contributed by atoms with van der Waals surface area (Å²) < 4.78 is 18.2. The molecule has 2 atom stereocenters. The highest BCUT2D eigenvalue weighted by atomic mass is 35.5. The Hall–Kier alpha value is -2.05. The van der Waals surface area contributed by atoms with Crippen LogP contribution >= 0.6 is 11.6 Å². The molecule has 2 unspecified atom stereocenters. The van der Waals surface area contributed by atoms with Crippen molar-refractivity contribution in [3.05, 3.63) is 53.6 Å². The number of rotatable bonds is 1. The number of amidine groups is 1. The van der Waals surface area contributed by atoms with Gasteiger partial charge < -0.3 is 0 Å². The minimum Gasteiger partial charge on any atom is -0.282 e. The molecule has 2 aliphatic rings. The molecule has 0 radical (unpaired) electrons. The molecule has 7 heteroatoms. The lowest BCUT2D eigenvalue weighted by molar-refractivity contribution is 0.624. The minimum atomic E-state index is -2.78. The number of hydrogen-bond acceptors (Lipinski definition) is 5. The molecule has 112 valence electrons. The van der Waals surface area contributed by atoms with E-state index in [1.54, 1.807) is 12.1 Å². The van der Waals surface area contributed by atoms with Gasteiger partial charge in [0.1, 0.15) is 15.6 Å². The van der Waals surface area contributed by atoms with Crippen LogP contribution in [0.3, 0.4) is 0 Å². The largest absolute Gasteiger partial charge is 0.282 e. The van der Waals surface area contributed by atoms with Crippen molar-refractivity contribution in [1.82, 2.24) is 5.43 Å². The zero-order valence-electron chi connectivity index (χ0n) is 11.7. The maximum atomic E-state index is 13.7. The number of nitrogens with zero attached hydrogens (tertiary/aromatic N) is 3. The van der Waals surface area contributed by atoms with E-state index in [0.29, 0.717) is 14.8 Å². The highest BCUT2D eigenvalue weighted by Gasteiger charge is 2.36. The van der Waals surface area contributed by atoms with E-state index in [1.807, 2.05) is 48.3 Å². The Kier molecular flexibility index (Phi) is 2.92. The van der Waals surface area contributed by atoms with Crippen LogP contribution in [0.2, 0.25) is 5.02 Å². The van der Waals surface area contributed by atoms with Crippen molar-refractivity contribution in [1.29, 1.82) is 0 Å². The minimum absolute atomic E-state index is 0.526. The third-order valence-corrected chi connectivity index (χ3v) is 6.16. The topological polar surface area (TPSA) is 57.1 Å². The first-order valence-corrected chi connectivity index (χ1v) is 8.68. The third-order valence-electron chi connectivity index (χ3n) is 3.61. The number of hydrogen-bond donors (Lipinski definition) is 1. The Morgan fingerprint density at radius 2 is 2.00 bits per heavy atom. The number of hydrazine groups is 1. The Bertz CT molecular complexity index is 903. The van der Waals surface area contributed by atoms with Crippen molar-refractivity contribution in [3.8, 4) is 0 Å². The Morgan fingerprint density at radius 1 is 1.23 bits per heavy atom. The van der Waals surface area contributed by atoms with Gasteiger partial charge in [-0.2, -0.15) is 4.36 Å². The molecule has 0 bridgehead atoms. The average Bonchev–Trinajstić information content (AvgIpc) is 2.88. The fourth-order valence-corrected chi connectivity index (χ4v) is 5.03. The molecular formula is C15H13ClN4OS. The highest BCUT2D eigenvalue weighted by molar-refractivity contribution is 7.94. The highest BCUT2D eigenvalue weighted by Crippen LogP contribution is 2.39. The van der Waals surface area contributed by atoms with Crippen LogP contribution in [0.4, 0.5) is 5.69 Å². The van der Waals surface area contributed by atoms with Crippen LogP contribution in [0.25, 0.3) is 0 Å². The van der Waals surface area contributed by atoms with E-state index in [4.69, 9.17) is 11.6 Å². The summed E-state index contributed by atoms with van der Waals surface area (Å²) in [6.45, 7) is 1.85. The molecule has 0 amide bonds. The fraction of sp³-hybridized carbons (Fsp3) is 0.133. The second-order valence-electron chi connectivity index (χ2n) is 5.10. The predicted octanol–water partition coefficient (Wildman–Crippen LogP) is 3.27. The molecule has 2 aliphatic heterocycles. The van der Waals surface area contributed by atoms with Crippen molar-refractivity contribution >= 4 is 32.9 Å². The van der Waals surface area contributed by atoms with Gasteiger partial charge in [-0.3, -0.25) is 5.43 Å². The number of halogens is 1. The third kappa shape index (κ3) is 1.91. The van der Waals surface area contributed by atoms with Gasteiger partial charge in [0.25, 0.3) is 0 Å². The van der Waals surface area contributed by atoms with Crippen LogP contribution in [0.15, 0.2) is 67.7 Å². The maximum Gasteiger partial charge on any atom is 0.244 e. The lowest BCUT2D eigenvalue weighted by Gasteiger charge is -2.31. The molecule has 0 saturated carbocycles. The van der Waals surface area contributed by atoms with E-state index >= 15 is 0 Å². The lowest BCUT2D eigenvalue weighted by atomic mass is 10.3. The maximum absolute atomic E-state index is 13.7. The monoisotopic (exact) mass is 332 g/mol. The van der Waals surface area contributed by atoms with Gasteiger partial charge in [0.05, 0.1) is 15.5 Å². The first-order valence-electron chi connectivity index (χ1n) is 6.79. The second kappa shape index (κ2) is 4.72. The van der Waals surface area contributed by atoms with Crippen LogP contribution in [0, 0.1) is 0 Å². The summed E-state index contributed by atoms with van der Waals surface area (Å²) in [6, 6.07) is 14.6. The van der Waals surface area contributed by atoms with Gasteiger partial charge >= 0.3 is 0 Å². The quantitative estimate of drug-likeness (QED) is 0.872. The van der Waals surface area contributed by atoms with Gasteiger partial charge in [-0.15, -0.1) is 0 Å². The lowest BCUT2D eigenvalue weighted by Crippen LogP contribution is -2.42. The van der Waals surface area contributed by atoms with E-state index in [9.17, 15) is 4.21 Å². The fourth-order valence-electron chi connectivity index (χ4n) is 2.64. The molecule has 22 heavy (non-hydrogen) atoms. The summed E-state index contributed by atoms with van der Waals surface area (Å²) in [4.78, 5) is 5.68. The number of fused-ring (bicyclic) bond motifs is 3. The summed E-state index contributed by atoms with van der Waals surface area (Å²) in [5.41, 5.74) is 3.93. The Labute approximate surface area is 133 Å². The zero-order valence-corrected chi connectivity index (χ0v) is 13.3. The van der Waals surface area contributed by atoms with Gasteiger partial charge in [-0.05, 0) is 37.3 Å². The second-order valence-corrected chi connectivity index (χ2v) is 7.71. The number of anilines is 1. The van der Waals surface area contributed by atoms with E-state index in [-0.39, 0.29) is 0 Å². The Balaban J connectivity index is 2.04. The zero-order chi connectivity index (χ0) is 15.3. The van der Waals surface area contributed by atoms with Gasteiger partial charge in [-0.25, -0.2) is 14.2 Å². The number of benzene rings is 2. The van der Waals surface area contributed by atoms with E-state index in [1.165, 1.54) is 0 Å². The molecule has 2 heterocycles. The standard InChI is InChI=1S/C15H13ClN4OS/c1-10-17-15-19-22(21,12-5-3-2-4-6-12)14-9-11(16)7-8-13(14)20(15)18-10/h2-9,15H,1H3,(H,17,18). The van der Waals surface area contributed by atoms with Crippen molar-refractivity contribution in [2.75, 3.05) is 5.01 Å². The molecule has 4 rings (SSSR count). The normalized spacial score (nSPS) is 25.6. The van der Waals surface area contributed by atoms with E-state index in [0.717, 1.165) is 11.5 Å². The van der Waals surface area contributed by atoms with Gasteiger partial charge in [0.15, 0.2) is 0 Å². The molecule has 0 aromatic heterocycles. The van der Waals surface area contributed by atoms with Crippen LogP contribution < -0.4 is 10.4 Å². The van der Waals surface area contributed by atoms with Crippen molar-refractivity contribution in [2.24, 2.45) is 9.36 Å². The van der Waals surface area contributed by atoms with Crippen LogP contribution in [-0.2, 0) is 9.73 Å². The van der Waals surface area contributed by atoms with Crippen molar-refractivity contribution in [2.45, 2.75) is 23.0 Å². The van der Waals surface area contributed by atoms with Crippen LogP contribution in [0.5, 0.6) is 0 Å². The van der Waals surface area contributed by atoms with Gasteiger partial charge in [0, 0.05) is 5.02 Å². The molecule has 0 aliphatic carbocycles. The van der Waals surface area contributed by atoms with Crippen molar-refractivity contribution in [3.63, 3.8) is 0 Å². The summed E-state index contributed by atoms with van der Waals surface area (Å²) in [7, 11) is -2.78. The molecule has 0 fully saturated rings. The Morgan fingerprint density at radius 3 is 2.77 bits per heavy atom. The SMILES string of the molecule is CC1=NC2N=S(=O)(c3ccccc3)c3cc(Cl)ccc3N2N1. The molecule has 2 aromatic rings. The average molecular weight is 333 g/mol. The summed E-state index contributed by atoms with van der Waals surface area (Å²) >= 11 is 6.13. The summed E-state index contributed by atoms with van der Waals surface area (Å²) in [5.74, 6) is 0.742. The van der Waals surface area contributed by atoms with Crippen LogP contribution in [0.1, 0.15) is 6.92 Å². The smallest absolute Gasteiger partial charge is 0.244 e. The predicted molar refractivity (Wildman–Crippen MR) is 87.5 cm³/mol. The molecule has 0 saturated heterocycles. The van der Waals surface area contributed by atoms with Crippen LogP contribution in [-0.4, -0.2) is 16.3 Å². The van der Waals surface area contributed by atoms with E-state index < -0.39 is 16.0 Å². The molecule has 1 N–H and O–H groups in total. The number of nitrogens with one attached hydrogen (secondary N) is 1. The van der Waals surface area contributed by atoms with Gasteiger partial charge in [0.2, 0.25) is 6.29 Å². The van der Waals surface area contributed by atoms with Gasteiger partial charge in [-0.1, -0.05) is 29.8 Å².